The summed E-state index contributed by atoms with van der Waals surface area (Å²) in [4.78, 5) is 14.8. The molecule has 2 aliphatic heterocycles. The molecular weight excluding hydrogens is 352 g/mol. The molecule has 1 aromatic heterocycles. The Kier molecular flexibility index (Phi) is 5.78. The third kappa shape index (κ3) is 4.13. The van der Waals surface area contributed by atoms with E-state index in [4.69, 9.17) is 4.74 Å². The van der Waals surface area contributed by atoms with Gasteiger partial charge in [0.2, 0.25) is 0 Å². The number of hydrogen-bond acceptors (Lipinski definition) is 4. The highest BCUT2D eigenvalue weighted by Crippen LogP contribution is 2.24. The molecule has 0 bridgehead atoms. The first-order valence-corrected chi connectivity index (χ1v) is 10.3. The summed E-state index contributed by atoms with van der Waals surface area (Å²) in [5, 5.41) is 8.10. The van der Waals surface area contributed by atoms with Crippen molar-refractivity contribution in [2.45, 2.75) is 39.8 Å². The average Bonchev–Trinajstić information content (AvgIpc) is 3.13. The Morgan fingerprint density at radius 1 is 1.25 bits per heavy atom. The standard InChI is InChI=1S/C22H30N4O2/c1-16-3-4-19(17(2)11-16)14-23-13-18-5-6-26-21(12-18)20(15-24-26)22(27)25-7-9-28-10-8-25/h3-4,11,15,18,23H,5-10,12-14H2,1-2H3/t18-/m1/s1. The quantitative estimate of drug-likeness (QED) is 0.862. The van der Waals surface area contributed by atoms with Crippen LogP contribution in [-0.4, -0.2) is 53.4 Å². The van der Waals surface area contributed by atoms with E-state index in [-0.39, 0.29) is 5.91 Å². The van der Waals surface area contributed by atoms with Crippen molar-refractivity contribution in [3.63, 3.8) is 0 Å². The predicted molar refractivity (Wildman–Crippen MR) is 108 cm³/mol. The molecule has 0 unspecified atom stereocenters. The topological polar surface area (TPSA) is 59.4 Å². The molecule has 6 heteroatoms. The van der Waals surface area contributed by atoms with Crippen LogP contribution < -0.4 is 5.32 Å². The number of carbonyl (C=O) groups excluding carboxylic acids is 1. The van der Waals surface area contributed by atoms with Crippen LogP contribution in [0.5, 0.6) is 0 Å². The van der Waals surface area contributed by atoms with E-state index in [2.05, 4.69) is 42.5 Å². The van der Waals surface area contributed by atoms with Gasteiger partial charge in [-0.15, -0.1) is 0 Å². The number of aromatic nitrogens is 2. The number of ether oxygens (including phenoxy) is 1. The van der Waals surface area contributed by atoms with Crippen LogP contribution in [0.15, 0.2) is 24.4 Å². The Morgan fingerprint density at radius 2 is 2.07 bits per heavy atom. The second-order valence-corrected chi connectivity index (χ2v) is 8.05. The minimum Gasteiger partial charge on any atom is -0.378 e. The van der Waals surface area contributed by atoms with Crippen LogP contribution in [0.4, 0.5) is 0 Å². The molecule has 1 aromatic carbocycles. The van der Waals surface area contributed by atoms with Gasteiger partial charge in [-0.3, -0.25) is 9.48 Å². The van der Waals surface area contributed by atoms with Crippen molar-refractivity contribution in [1.82, 2.24) is 20.0 Å². The summed E-state index contributed by atoms with van der Waals surface area (Å²) < 4.78 is 7.39. The third-order valence-electron chi connectivity index (χ3n) is 5.96. The SMILES string of the molecule is Cc1ccc(CNC[C@@H]2CCn3ncc(C(=O)N4CCOCC4)c3C2)c(C)c1. The fourth-order valence-electron chi connectivity index (χ4n) is 4.24. The molecule has 2 aliphatic rings. The number of hydrogen-bond donors (Lipinski definition) is 1. The van der Waals surface area contributed by atoms with Gasteiger partial charge >= 0.3 is 0 Å². The molecule has 2 aromatic rings. The molecule has 3 heterocycles. The molecule has 0 radical (unpaired) electrons. The molecule has 28 heavy (non-hydrogen) atoms. The van der Waals surface area contributed by atoms with E-state index in [1.54, 1.807) is 6.20 Å². The van der Waals surface area contributed by atoms with E-state index in [1.807, 2.05) is 9.58 Å². The minimum atomic E-state index is 0.105. The van der Waals surface area contributed by atoms with Crippen LogP contribution >= 0.6 is 0 Å². The lowest BCUT2D eigenvalue weighted by Crippen LogP contribution is -2.41. The second kappa shape index (κ2) is 8.45. The van der Waals surface area contributed by atoms with Crippen LogP contribution in [0, 0.1) is 19.8 Å². The number of morpholine rings is 1. The summed E-state index contributed by atoms with van der Waals surface area (Å²) in [7, 11) is 0. The molecule has 1 amide bonds. The number of fused-ring (bicyclic) bond motifs is 1. The Labute approximate surface area is 166 Å². The number of nitrogens with one attached hydrogen (secondary N) is 1. The van der Waals surface area contributed by atoms with Crippen molar-refractivity contribution >= 4 is 5.91 Å². The van der Waals surface area contributed by atoms with Crippen molar-refractivity contribution in [2.24, 2.45) is 5.92 Å². The van der Waals surface area contributed by atoms with Gasteiger partial charge in [-0.1, -0.05) is 23.8 Å². The number of aryl methyl sites for hydroxylation is 3. The second-order valence-electron chi connectivity index (χ2n) is 8.05. The fourth-order valence-corrected chi connectivity index (χ4v) is 4.24. The van der Waals surface area contributed by atoms with Crippen molar-refractivity contribution in [3.05, 3.63) is 52.3 Å². The number of benzene rings is 1. The molecule has 150 valence electrons. The third-order valence-corrected chi connectivity index (χ3v) is 5.96. The van der Waals surface area contributed by atoms with Gasteiger partial charge in [-0.05, 0) is 50.3 Å². The highest BCUT2D eigenvalue weighted by atomic mass is 16.5. The number of rotatable bonds is 5. The number of amides is 1. The van der Waals surface area contributed by atoms with Crippen molar-refractivity contribution < 1.29 is 9.53 Å². The zero-order valence-electron chi connectivity index (χ0n) is 16.9. The van der Waals surface area contributed by atoms with E-state index in [9.17, 15) is 4.79 Å². The van der Waals surface area contributed by atoms with Crippen LogP contribution in [0.25, 0.3) is 0 Å². The maximum Gasteiger partial charge on any atom is 0.257 e. The molecule has 0 aliphatic carbocycles. The van der Waals surface area contributed by atoms with Crippen LogP contribution in [0.1, 0.15) is 39.2 Å². The van der Waals surface area contributed by atoms with Gasteiger partial charge in [0.1, 0.15) is 0 Å². The van der Waals surface area contributed by atoms with E-state index < -0.39 is 0 Å². The van der Waals surface area contributed by atoms with Gasteiger partial charge in [0.25, 0.3) is 5.91 Å². The minimum absolute atomic E-state index is 0.105. The van der Waals surface area contributed by atoms with E-state index in [0.29, 0.717) is 32.2 Å². The average molecular weight is 383 g/mol. The van der Waals surface area contributed by atoms with Crippen LogP contribution in [-0.2, 0) is 24.2 Å². The summed E-state index contributed by atoms with van der Waals surface area (Å²) in [6.45, 7) is 9.64. The Morgan fingerprint density at radius 3 is 2.86 bits per heavy atom. The molecule has 6 nitrogen and oxygen atoms in total. The fraction of sp³-hybridized carbons (Fsp3) is 0.545. The highest BCUT2D eigenvalue weighted by molar-refractivity contribution is 5.95. The van der Waals surface area contributed by atoms with Crippen LogP contribution in [0.3, 0.4) is 0 Å². The summed E-state index contributed by atoms with van der Waals surface area (Å²) in [6.07, 6.45) is 3.77. The van der Waals surface area contributed by atoms with Crippen LogP contribution in [0.2, 0.25) is 0 Å². The van der Waals surface area contributed by atoms with Crippen molar-refractivity contribution in [3.8, 4) is 0 Å². The van der Waals surface area contributed by atoms with Crippen molar-refractivity contribution in [1.29, 1.82) is 0 Å². The Balaban J connectivity index is 1.36. The van der Waals surface area contributed by atoms with Gasteiger partial charge in [0, 0.05) is 26.2 Å². The smallest absolute Gasteiger partial charge is 0.257 e. The molecule has 1 fully saturated rings. The van der Waals surface area contributed by atoms with Gasteiger partial charge < -0.3 is 15.0 Å². The maximum absolute atomic E-state index is 12.9. The summed E-state index contributed by atoms with van der Waals surface area (Å²) in [5.74, 6) is 0.639. The first-order valence-electron chi connectivity index (χ1n) is 10.3. The molecular formula is C22H30N4O2. The van der Waals surface area contributed by atoms with Gasteiger partial charge in [0.15, 0.2) is 0 Å². The normalized spacial score (nSPS) is 19.5. The molecule has 0 saturated carbocycles. The lowest BCUT2D eigenvalue weighted by molar-refractivity contribution is 0.0301. The largest absolute Gasteiger partial charge is 0.378 e. The molecule has 1 saturated heterocycles. The van der Waals surface area contributed by atoms with E-state index >= 15 is 0 Å². The Hall–Kier alpha value is -2.18. The van der Waals surface area contributed by atoms with Gasteiger partial charge in [0.05, 0.1) is 30.7 Å². The maximum atomic E-state index is 12.9. The zero-order valence-corrected chi connectivity index (χ0v) is 16.9. The molecule has 1 N–H and O–H groups in total. The lowest BCUT2D eigenvalue weighted by atomic mass is 9.94. The lowest BCUT2D eigenvalue weighted by Gasteiger charge is -2.28. The predicted octanol–water partition coefficient (Wildman–Crippen LogP) is 2.32. The molecule has 4 rings (SSSR count). The summed E-state index contributed by atoms with van der Waals surface area (Å²) >= 11 is 0. The van der Waals surface area contributed by atoms with Gasteiger partial charge in [-0.2, -0.15) is 5.10 Å². The first-order chi connectivity index (χ1) is 13.6. The van der Waals surface area contributed by atoms with E-state index in [1.165, 1.54) is 16.7 Å². The zero-order chi connectivity index (χ0) is 19.5. The summed E-state index contributed by atoms with van der Waals surface area (Å²) in [6, 6.07) is 6.62. The monoisotopic (exact) mass is 382 g/mol. The molecule has 1 atom stereocenters. The highest BCUT2D eigenvalue weighted by Gasteiger charge is 2.28. The van der Waals surface area contributed by atoms with Gasteiger partial charge in [-0.25, -0.2) is 0 Å². The number of nitrogens with zero attached hydrogens (tertiary/aromatic N) is 3. The summed E-state index contributed by atoms with van der Waals surface area (Å²) in [5.41, 5.74) is 5.88. The van der Waals surface area contributed by atoms with E-state index in [0.717, 1.165) is 43.7 Å². The Bertz CT molecular complexity index is 839. The first kappa shape index (κ1) is 19.2. The molecule has 0 spiro atoms. The number of carbonyl (C=O) groups is 1. The van der Waals surface area contributed by atoms with Crippen molar-refractivity contribution in [2.75, 3.05) is 32.8 Å².